The minimum atomic E-state index is -0.789. The van der Waals surface area contributed by atoms with E-state index in [2.05, 4.69) is 6.92 Å². The van der Waals surface area contributed by atoms with Gasteiger partial charge in [0.05, 0.1) is 12.7 Å². The van der Waals surface area contributed by atoms with Crippen molar-refractivity contribution in [1.29, 1.82) is 0 Å². The molecule has 0 spiro atoms. The number of carbonyl (C=O) groups is 2. The number of carbonyl (C=O) groups excluding carboxylic acids is 2. The molecular formula is C17H22O5. The molecule has 0 radical (unpaired) electrons. The van der Waals surface area contributed by atoms with Crippen LogP contribution < -0.4 is 0 Å². The molecule has 1 atom stereocenters. The maximum atomic E-state index is 11.8. The lowest BCUT2D eigenvalue weighted by atomic mass is 9.88. The molecule has 0 aromatic rings. The topological polar surface area (TPSA) is 61.8 Å². The average Bonchev–Trinajstić information content (AvgIpc) is 3.05. The van der Waals surface area contributed by atoms with Gasteiger partial charge in [-0.2, -0.15) is 0 Å². The van der Waals surface area contributed by atoms with Crippen molar-refractivity contribution in [2.75, 3.05) is 7.11 Å². The Balaban J connectivity index is 2.06. The zero-order valence-electron chi connectivity index (χ0n) is 13.3. The maximum absolute atomic E-state index is 11.8. The van der Waals surface area contributed by atoms with Gasteiger partial charge in [-0.1, -0.05) is 25.8 Å². The summed E-state index contributed by atoms with van der Waals surface area (Å²) in [5.41, 5.74) is 0.903. The van der Waals surface area contributed by atoms with E-state index in [4.69, 9.17) is 14.2 Å². The molecule has 0 bridgehead atoms. The number of methoxy groups -OCH3 is 1. The van der Waals surface area contributed by atoms with Gasteiger partial charge in [0.25, 0.3) is 6.29 Å². The summed E-state index contributed by atoms with van der Waals surface area (Å²) in [7, 11) is 1.32. The van der Waals surface area contributed by atoms with Crippen molar-refractivity contribution in [1.82, 2.24) is 0 Å². The van der Waals surface area contributed by atoms with Crippen LogP contribution in [0.15, 0.2) is 35.6 Å². The summed E-state index contributed by atoms with van der Waals surface area (Å²) in [4.78, 5) is 23.1. The van der Waals surface area contributed by atoms with E-state index in [1.165, 1.54) is 26.2 Å². The highest BCUT2D eigenvalue weighted by atomic mass is 16.7. The molecule has 1 fully saturated rings. The van der Waals surface area contributed by atoms with E-state index < -0.39 is 18.2 Å². The van der Waals surface area contributed by atoms with Crippen LogP contribution in [-0.2, 0) is 23.8 Å². The number of allylic oxidation sites excluding steroid dienone is 1. The lowest BCUT2D eigenvalue weighted by Gasteiger charge is -2.18. The van der Waals surface area contributed by atoms with Gasteiger partial charge in [-0.15, -0.1) is 0 Å². The minimum absolute atomic E-state index is 0.115. The normalized spacial score (nSPS) is 24.3. The van der Waals surface area contributed by atoms with E-state index in [1.54, 1.807) is 19.1 Å². The summed E-state index contributed by atoms with van der Waals surface area (Å²) in [6, 6.07) is 0. The summed E-state index contributed by atoms with van der Waals surface area (Å²) in [5.74, 6) is -0.894. The largest absolute Gasteiger partial charge is 0.465 e. The molecule has 0 amide bonds. The molecule has 1 saturated carbocycles. The second-order valence-electron chi connectivity index (χ2n) is 6.02. The van der Waals surface area contributed by atoms with Crippen LogP contribution in [0.3, 0.4) is 0 Å². The first-order valence-electron chi connectivity index (χ1n) is 7.46. The van der Waals surface area contributed by atoms with E-state index in [9.17, 15) is 9.59 Å². The van der Waals surface area contributed by atoms with Gasteiger partial charge in [0.2, 0.25) is 0 Å². The summed E-state index contributed by atoms with van der Waals surface area (Å²) in [6.07, 6.45) is 10.5. The first-order valence-corrected chi connectivity index (χ1v) is 7.46. The van der Waals surface area contributed by atoms with Gasteiger partial charge in [-0.25, -0.2) is 9.59 Å². The number of hydrogen-bond donors (Lipinski definition) is 0. The van der Waals surface area contributed by atoms with E-state index in [-0.39, 0.29) is 5.41 Å². The van der Waals surface area contributed by atoms with E-state index in [0.29, 0.717) is 11.1 Å². The molecule has 22 heavy (non-hydrogen) atoms. The first-order chi connectivity index (χ1) is 10.4. The van der Waals surface area contributed by atoms with Crippen molar-refractivity contribution < 1.29 is 23.8 Å². The van der Waals surface area contributed by atoms with Gasteiger partial charge in [0, 0.05) is 11.6 Å². The molecule has 1 heterocycles. The fourth-order valence-corrected chi connectivity index (χ4v) is 2.63. The highest BCUT2D eigenvalue weighted by Gasteiger charge is 2.26. The Morgan fingerprint density at radius 3 is 2.64 bits per heavy atom. The third-order valence-electron chi connectivity index (χ3n) is 4.09. The Bertz CT molecular complexity index is 535. The Morgan fingerprint density at radius 2 is 2.09 bits per heavy atom. The molecule has 0 N–H and O–H groups in total. The molecule has 5 nitrogen and oxygen atoms in total. The molecule has 2 rings (SSSR count). The van der Waals surface area contributed by atoms with Gasteiger partial charge < -0.3 is 14.2 Å². The van der Waals surface area contributed by atoms with Gasteiger partial charge in [0.1, 0.15) is 6.26 Å². The van der Waals surface area contributed by atoms with E-state index in [1.807, 2.05) is 6.08 Å². The zero-order valence-corrected chi connectivity index (χ0v) is 13.3. The van der Waals surface area contributed by atoms with Crippen LogP contribution in [0.5, 0.6) is 0 Å². The van der Waals surface area contributed by atoms with Crippen molar-refractivity contribution in [2.45, 2.75) is 45.8 Å². The molecule has 0 saturated heterocycles. The molecule has 0 aromatic carbocycles. The zero-order chi connectivity index (χ0) is 16.2. The third kappa shape index (κ3) is 4.00. The molecule has 120 valence electrons. The molecule has 5 heteroatoms. The van der Waals surface area contributed by atoms with E-state index in [0.717, 1.165) is 12.8 Å². The van der Waals surface area contributed by atoms with Gasteiger partial charge in [-0.05, 0) is 31.3 Å². The smallest absolute Gasteiger partial charge is 0.340 e. The fraction of sp³-hybridized carbons (Fsp3) is 0.529. The number of hydrogen-bond acceptors (Lipinski definition) is 5. The summed E-state index contributed by atoms with van der Waals surface area (Å²) >= 11 is 0. The first kappa shape index (κ1) is 16.3. The molecular weight excluding hydrogens is 284 g/mol. The Labute approximate surface area is 130 Å². The maximum Gasteiger partial charge on any atom is 0.340 e. The van der Waals surface area contributed by atoms with Crippen LogP contribution in [0.25, 0.3) is 0 Å². The van der Waals surface area contributed by atoms with Crippen molar-refractivity contribution in [2.24, 2.45) is 5.41 Å². The molecule has 2 aliphatic rings. The van der Waals surface area contributed by atoms with Gasteiger partial charge in [0.15, 0.2) is 0 Å². The van der Waals surface area contributed by atoms with Crippen LogP contribution >= 0.6 is 0 Å². The van der Waals surface area contributed by atoms with Crippen LogP contribution in [0.4, 0.5) is 0 Å². The number of ether oxygens (including phenoxy) is 3. The number of rotatable bonds is 5. The predicted molar refractivity (Wildman–Crippen MR) is 80.5 cm³/mol. The summed E-state index contributed by atoms with van der Waals surface area (Å²) in [5, 5.41) is 0. The second kappa shape index (κ2) is 6.81. The third-order valence-corrected chi connectivity index (χ3v) is 4.09. The van der Waals surface area contributed by atoms with Crippen molar-refractivity contribution >= 4 is 11.9 Å². The molecule has 1 aliphatic heterocycles. The fourth-order valence-electron chi connectivity index (χ4n) is 2.63. The molecule has 1 aliphatic carbocycles. The Kier molecular flexibility index (Phi) is 5.06. The minimum Gasteiger partial charge on any atom is -0.465 e. The standard InChI is InChI=1S/C17H22O5/c1-12-10-14(22-15(12)18)21-11-13(16(19)20-3)6-9-17(2)7-4-5-8-17/h6,9-11,14H,4-5,7-8H2,1-3H3/b9-6+,13-11+. The predicted octanol–water partition coefficient (Wildman–Crippen LogP) is 3.03. The SMILES string of the molecule is COC(=O)C(/C=C/C1(C)CCCC1)=C/OC1C=C(C)C(=O)O1. The van der Waals surface area contributed by atoms with Crippen molar-refractivity contribution in [3.8, 4) is 0 Å². The highest BCUT2D eigenvalue weighted by Crippen LogP contribution is 2.38. The quantitative estimate of drug-likeness (QED) is 0.338. The van der Waals surface area contributed by atoms with Gasteiger partial charge in [-0.3, -0.25) is 0 Å². The van der Waals surface area contributed by atoms with Crippen LogP contribution in [0.2, 0.25) is 0 Å². The summed E-state index contributed by atoms with van der Waals surface area (Å²) < 4.78 is 15.1. The van der Waals surface area contributed by atoms with Crippen LogP contribution in [0.1, 0.15) is 39.5 Å². The number of esters is 2. The molecule has 0 aromatic heterocycles. The second-order valence-corrected chi connectivity index (χ2v) is 6.02. The summed E-state index contributed by atoms with van der Waals surface area (Å²) in [6.45, 7) is 3.83. The molecule has 1 unspecified atom stereocenters. The van der Waals surface area contributed by atoms with E-state index >= 15 is 0 Å². The Morgan fingerprint density at radius 1 is 1.41 bits per heavy atom. The average molecular weight is 306 g/mol. The van der Waals surface area contributed by atoms with Crippen molar-refractivity contribution in [3.63, 3.8) is 0 Å². The van der Waals surface area contributed by atoms with Crippen LogP contribution in [0, 0.1) is 5.41 Å². The monoisotopic (exact) mass is 306 g/mol. The lowest BCUT2D eigenvalue weighted by molar-refractivity contribution is -0.152. The lowest BCUT2D eigenvalue weighted by Crippen LogP contribution is -2.12. The van der Waals surface area contributed by atoms with Crippen molar-refractivity contribution in [3.05, 3.63) is 35.6 Å². The highest BCUT2D eigenvalue weighted by molar-refractivity contribution is 5.91. The Hall–Kier alpha value is -2.04. The van der Waals surface area contributed by atoms with Gasteiger partial charge >= 0.3 is 11.9 Å². The van der Waals surface area contributed by atoms with Crippen LogP contribution in [-0.4, -0.2) is 25.3 Å². The number of cyclic esters (lactones) is 1.